The molecule has 0 fully saturated rings. The number of non-ortho nitro benzene ring substituents is 1. The Hall–Kier alpha value is -3.56. The Morgan fingerprint density at radius 2 is 1.85 bits per heavy atom. The molecule has 27 heavy (non-hydrogen) atoms. The molecule has 0 saturated carbocycles. The van der Waals surface area contributed by atoms with E-state index in [9.17, 15) is 28.5 Å². The number of carbonyl (C=O) groups is 2. The van der Waals surface area contributed by atoms with E-state index < -0.39 is 41.1 Å². The van der Waals surface area contributed by atoms with Gasteiger partial charge < -0.3 is 14.8 Å². The third kappa shape index (κ3) is 5.73. The van der Waals surface area contributed by atoms with Crippen molar-refractivity contribution in [3.63, 3.8) is 0 Å². The summed E-state index contributed by atoms with van der Waals surface area (Å²) in [5.41, 5.74) is -0.523. The summed E-state index contributed by atoms with van der Waals surface area (Å²) in [6, 6.07) is 7.53. The van der Waals surface area contributed by atoms with E-state index in [0.717, 1.165) is 18.2 Å². The zero-order chi connectivity index (χ0) is 20.0. The highest BCUT2D eigenvalue weighted by molar-refractivity contribution is 5.95. The lowest BCUT2D eigenvalue weighted by atomic mass is 10.2. The number of anilines is 1. The minimum absolute atomic E-state index is 0.139. The molecule has 10 heteroatoms. The summed E-state index contributed by atoms with van der Waals surface area (Å²) in [6.07, 6.45) is -1.29. The van der Waals surface area contributed by atoms with E-state index in [1.165, 1.54) is 31.2 Å². The normalized spacial score (nSPS) is 11.4. The van der Waals surface area contributed by atoms with Gasteiger partial charge in [-0.2, -0.15) is 0 Å². The number of nitrogens with zero attached hydrogens (tertiary/aromatic N) is 1. The summed E-state index contributed by atoms with van der Waals surface area (Å²) >= 11 is 0. The molecular formula is C17H14F2N2O6. The number of nitro benzene ring substituents is 1. The van der Waals surface area contributed by atoms with Crippen molar-refractivity contribution in [2.24, 2.45) is 0 Å². The minimum Gasteiger partial charge on any atom is -0.482 e. The summed E-state index contributed by atoms with van der Waals surface area (Å²) in [7, 11) is 0. The van der Waals surface area contributed by atoms with Gasteiger partial charge in [0, 0.05) is 18.2 Å². The van der Waals surface area contributed by atoms with Gasteiger partial charge in [0.1, 0.15) is 17.4 Å². The highest BCUT2D eigenvalue weighted by Gasteiger charge is 2.20. The molecule has 0 aliphatic carbocycles. The number of ether oxygens (including phenoxy) is 2. The summed E-state index contributed by atoms with van der Waals surface area (Å²) in [6.45, 7) is 0.695. The number of rotatable bonds is 7. The second-order valence-electron chi connectivity index (χ2n) is 5.29. The lowest BCUT2D eigenvalue weighted by Crippen LogP contribution is -2.32. The van der Waals surface area contributed by atoms with Crippen molar-refractivity contribution >= 4 is 23.3 Å². The standard InChI is InChI=1S/C17H14F2N2O6/c1-10(17(23)20-15-8-11(18)2-7-14(15)19)27-16(22)9-26-13-5-3-12(4-6-13)21(24)25/h2-8,10H,9H2,1H3,(H,20,23)/t10-/m0/s1. The van der Waals surface area contributed by atoms with Crippen LogP contribution in [0.1, 0.15) is 6.92 Å². The number of benzene rings is 2. The molecule has 0 radical (unpaired) electrons. The summed E-state index contributed by atoms with van der Waals surface area (Å²) in [4.78, 5) is 33.6. The molecule has 0 unspecified atom stereocenters. The van der Waals surface area contributed by atoms with Crippen molar-refractivity contribution in [3.05, 3.63) is 64.2 Å². The SMILES string of the molecule is C[C@H](OC(=O)COc1ccc([N+](=O)[O-])cc1)C(=O)Nc1cc(F)ccc1F. The Balaban J connectivity index is 1.84. The minimum atomic E-state index is -1.29. The predicted octanol–water partition coefficient (Wildman–Crippen LogP) is 2.82. The molecule has 0 heterocycles. The topological polar surface area (TPSA) is 108 Å². The van der Waals surface area contributed by atoms with Crippen molar-refractivity contribution < 1.29 is 32.8 Å². The number of halogens is 2. The van der Waals surface area contributed by atoms with Crippen LogP contribution in [-0.2, 0) is 14.3 Å². The Morgan fingerprint density at radius 3 is 2.48 bits per heavy atom. The summed E-state index contributed by atoms with van der Waals surface area (Å²) < 4.78 is 36.5. The zero-order valence-corrected chi connectivity index (χ0v) is 14.0. The maximum absolute atomic E-state index is 13.5. The first kappa shape index (κ1) is 19.8. The number of esters is 1. The van der Waals surface area contributed by atoms with Gasteiger partial charge in [-0.25, -0.2) is 13.6 Å². The number of hydrogen-bond acceptors (Lipinski definition) is 6. The van der Waals surface area contributed by atoms with Crippen molar-refractivity contribution in [3.8, 4) is 5.75 Å². The van der Waals surface area contributed by atoms with Crippen molar-refractivity contribution in [1.29, 1.82) is 0 Å². The molecule has 0 aliphatic rings. The molecule has 2 aromatic rings. The molecular weight excluding hydrogens is 366 g/mol. The average molecular weight is 380 g/mol. The van der Waals surface area contributed by atoms with Crippen molar-refractivity contribution in [2.75, 3.05) is 11.9 Å². The molecule has 1 atom stereocenters. The molecule has 8 nitrogen and oxygen atoms in total. The van der Waals surface area contributed by atoms with Crippen molar-refractivity contribution in [2.45, 2.75) is 13.0 Å². The Bertz CT molecular complexity index is 857. The lowest BCUT2D eigenvalue weighted by molar-refractivity contribution is -0.384. The first-order valence-electron chi connectivity index (χ1n) is 7.59. The number of carbonyl (C=O) groups excluding carboxylic acids is 2. The highest BCUT2D eigenvalue weighted by Crippen LogP contribution is 2.18. The maximum atomic E-state index is 13.5. The lowest BCUT2D eigenvalue weighted by Gasteiger charge is -2.14. The van der Waals surface area contributed by atoms with Crippen LogP contribution >= 0.6 is 0 Å². The van der Waals surface area contributed by atoms with Crippen LogP contribution in [0.15, 0.2) is 42.5 Å². The first-order valence-corrected chi connectivity index (χ1v) is 7.59. The van der Waals surface area contributed by atoms with E-state index in [0.29, 0.717) is 0 Å². The van der Waals surface area contributed by atoms with Crippen LogP contribution < -0.4 is 10.1 Å². The maximum Gasteiger partial charge on any atom is 0.344 e. The van der Waals surface area contributed by atoms with Crippen LogP contribution in [0, 0.1) is 21.7 Å². The van der Waals surface area contributed by atoms with Gasteiger partial charge in [-0.15, -0.1) is 0 Å². The molecule has 2 rings (SSSR count). The molecule has 1 N–H and O–H groups in total. The largest absolute Gasteiger partial charge is 0.482 e. The fourth-order valence-electron chi connectivity index (χ4n) is 1.92. The highest BCUT2D eigenvalue weighted by atomic mass is 19.1. The molecule has 2 aromatic carbocycles. The first-order chi connectivity index (χ1) is 12.8. The van der Waals surface area contributed by atoms with E-state index in [1.807, 2.05) is 0 Å². The van der Waals surface area contributed by atoms with Gasteiger partial charge in [-0.1, -0.05) is 0 Å². The fourth-order valence-corrected chi connectivity index (χ4v) is 1.92. The molecule has 142 valence electrons. The summed E-state index contributed by atoms with van der Waals surface area (Å²) in [5.74, 6) is -3.15. The van der Waals surface area contributed by atoms with Gasteiger partial charge >= 0.3 is 5.97 Å². The number of hydrogen-bond donors (Lipinski definition) is 1. The summed E-state index contributed by atoms with van der Waals surface area (Å²) in [5, 5.41) is 12.7. The van der Waals surface area contributed by atoms with Crippen LogP contribution in [0.25, 0.3) is 0 Å². The van der Waals surface area contributed by atoms with Crippen LogP contribution in [0.3, 0.4) is 0 Å². The Morgan fingerprint density at radius 1 is 1.19 bits per heavy atom. The Kier molecular flexibility index (Phi) is 6.36. The van der Waals surface area contributed by atoms with Gasteiger partial charge in [0.2, 0.25) is 0 Å². The van der Waals surface area contributed by atoms with Crippen LogP contribution in [-0.4, -0.2) is 29.5 Å². The Labute approximate surface area is 151 Å². The monoisotopic (exact) mass is 380 g/mol. The van der Waals surface area contributed by atoms with Crippen molar-refractivity contribution in [1.82, 2.24) is 0 Å². The predicted molar refractivity (Wildman–Crippen MR) is 89.1 cm³/mol. The smallest absolute Gasteiger partial charge is 0.344 e. The third-order valence-electron chi connectivity index (χ3n) is 3.27. The van der Waals surface area contributed by atoms with Gasteiger partial charge in [-0.05, 0) is 31.2 Å². The van der Waals surface area contributed by atoms with Gasteiger partial charge in [0.15, 0.2) is 12.7 Å². The molecule has 0 aliphatic heterocycles. The van der Waals surface area contributed by atoms with Gasteiger partial charge in [0.05, 0.1) is 10.6 Å². The van der Waals surface area contributed by atoms with Gasteiger partial charge in [0.25, 0.3) is 11.6 Å². The van der Waals surface area contributed by atoms with Crippen LogP contribution in [0.5, 0.6) is 5.75 Å². The van der Waals surface area contributed by atoms with E-state index in [2.05, 4.69) is 5.32 Å². The van der Waals surface area contributed by atoms with E-state index in [-0.39, 0.29) is 17.1 Å². The van der Waals surface area contributed by atoms with Gasteiger partial charge in [-0.3, -0.25) is 14.9 Å². The number of nitrogens with one attached hydrogen (secondary N) is 1. The molecule has 0 bridgehead atoms. The molecule has 0 spiro atoms. The average Bonchev–Trinajstić information content (AvgIpc) is 2.63. The second-order valence-corrected chi connectivity index (χ2v) is 5.29. The fraction of sp³-hybridized carbons (Fsp3) is 0.176. The van der Waals surface area contributed by atoms with E-state index >= 15 is 0 Å². The van der Waals surface area contributed by atoms with E-state index in [4.69, 9.17) is 9.47 Å². The second kappa shape index (κ2) is 8.70. The molecule has 0 saturated heterocycles. The van der Waals surface area contributed by atoms with Crippen LogP contribution in [0.2, 0.25) is 0 Å². The molecule has 1 amide bonds. The van der Waals surface area contributed by atoms with Crippen LogP contribution in [0.4, 0.5) is 20.2 Å². The third-order valence-corrected chi connectivity index (χ3v) is 3.27. The zero-order valence-electron chi connectivity index (χ0n) is 14.0. The van der Waals surface area contributed by atoms with E-state index in [1.54, 1.807) is 0 Å². The number of nitro groups is 1. The number of amides is 1. The molecule has 0 aromatic heterocycles. The quantitative estimate of drug-likeness (QED) is 0.450.